The molecule has 0 aliphatic carbocycles. The number of nitrogens with zero attached hydrogens (tertiary/aromatic N) is 2. The molecule has 0 saturated carbocycles. The highest BCUT2D eigenvalue weighted by Crippen LogP contribution is 2.25. The quantitative estimate of drug-likeness (QED) is 0.343. The van der Waals surface area contributed by atoms with Gasteiger partial charge in [-0.15, -0.1) is 24.0 Å². The molecule has 1 aromatic carbocycles. The van der Waals surface area contributed by atoms with Crippen LogP contribution in [0.15, 0.2) is 29.3 Å². The minimum absolute atomic E-state index is 0. The van der Waals surface area contributed by atoms with Gasteiger partial charge < -0.3 is 15.4 Å². The summed E-state index contributed by atoms with van der Waals surface area (Å²) in [4.78, 5) is 6.89. The third-order valence-corrected chi connectivity index (χ3v) is 6.60. The molecule has 0 amide bonds. The number of ether oxygens (including phenoxy) is 1. The Bertz CT molecular complexity index is 614. The van der Waals surface area contributed by atoms with Crippen molar-refractivity contribution in [2.24, 2.45) is 4.99 Å². The second-order valence-electron chi connectivity index (χ2n) is 7.66. The van der Waals surface area contributed by atoms with Crippen molar-refractivity contribution >= 4 is 41.7 Å². The Hall–Kier alpha value is -0.510. The van der Waals surface area contributed by atoms with Crippen molar-refractivity contribution < 1.29 is 4.74 Å². The minimum atomic E-state index is 0. The first-order chi connectivity index (χ1) is 13.1. The summed E-state index contributed by atoms with van der Waals surface area (Å²) in [5.74, 6) is 2.19. The molecule has 0 aromatic heterocycles. The number of benzene rings is 1. The largest absolute Gasteiger partial charge is 0.373 e. The zero-order valence-corrected chi connectivity index (χ0v) is 20.5. The van der Waals surface area contributed by atoms with E-state index in [2.05, 4.69) is 70.4 Å². The second kappa shape index (κ2) is 12.2. The zero-order valence-electron chi connectivity index (χ0n) is 17.3. The Kier molecular flexibility index (Phi) is 10.4. The second-order valence-corrected chi connectivity index (χ2v) is 9.07. The van der Waals surface area contributed by atoms with Gasteiger partial charge in [0.1, 0.15) is 0 Å². The summed E-state index contributed by atoms with van der Waals surface area (Å²) < 4.78 is 5.87. The molecule has 2 heterocycles. The highest BCUT2D eigenvalue weighted by molar-refractivity contribution is 14.0. The normalized spacial score (nSPS) is 26.0. The number of hydrogen-bond acceptors (Lipinski definition) is 4. The van der Waals surface area contributed by atoms with Gasteiger partial charge in [-0.2, -0.15) is 11.8 Å². The highest BCUT2D eigenvalue weighted by atomic mass is 127. The fourth-order valence-corrected chi connectivity index (χ4v) is 5.16. The number of halogens is 1. The summed E-state index contributed by atoms with van der Waals surface area (Å²) in [5, 5.41) is 7.70. The van der Waals surface area contributed by atoms with Crippen LogP contribution in [0.5, 0.6) is 0 Å². The van der Waals surface area contributed by atoms with Crippen molar-refractivity contribution in [2.45, 2.75) is 57.2 Å². The van der Waals surface area contributed by atoms with E-state index in [1.54, 1.807) is 0 Å². The molecule has 5 nitrogen and oxygen atoms in total. The molecular weight excluding hydrogens is 483 g/mol. The van der Waals surface area contributed by atoms with Crippen LogP contribution in [0.4, 0.5) is 0 Å². The number of nitrogens with one attached hydrogen (secondary N) is 2. The Balaban J connectivity index is 0.00000280. The monoisotopic (exact) mass is 518 g/mol. The molecule has 2 aliphatic rings. The summed E-state index contributed by atoms with van der Waals surface area (Å²) in [7, 11) is 1.85. The van der Waals surface area contributed by atoms with Gasteiger partial charge in [0.2, 0.25) is 0 Å². The number of guanidine groups is 1. The summed E-state index contributed by atoms with van der Waals surface area (Å²) in [5.41, 5.74) is 2.72. The molecule has 1 aromatic rings. The summed E-state index contributed by atoms with van der Waals surface area (Å²) in [6, 6.07) is 8.72. The summed E-state index contributed by atoms with van der Waals surface area (Å²) in [6.07, 6.45) is 3.26. The first-order valence-corrected chi connectivity index (χ1v) is 11.2. The van der Waals surface area contributed by atoms with E-state index in [9.17, 15) is 0 Å². The molecule has 0 bridgehead atoms. The fourth-order valence-electron chi connectivity index (χ4n) is 3.95. The lowest BCUT2D eigenvalue weighted by molar-refractivity contribution is -0.0705. The first kappa shape index (κ1) is 23.8. The minimum Gasteiger partial charge on any atom is -0.373 e. The van der Waals surface area contributed by atoms with Crippen molar-refractivity contribution in [1.29, 1.82) is 0 Å². The van der Waals surface area contributed by atoms with Crippen molar-refractivity contribution in [3.05, 3.63) is 35.4 Å². The third kappa shape index (κ3) is 7.39. The standard InChI is InChI=1S/C21H34N4OS.HI/c1-16-13-25(14-17(2)26-16)15-19-8-5-4-7-18(19)11-23-21(22-3)24-12-20-9-6-10-27-20;/h4-5,7-8,16-17,20H,6,9-15H2,1-3H3,(H2,22,23,24);1H. The first-order valence-electron chi connectivity index (χ1n) is 10.1. The summed E-state index contributed by atoms with van der Waals surface area (Å²) in [6.45, 7) is 9.07. The predicted molar refractivity (Wildman–Crippen MR) is 131 cm³/mol. The van der Waals surface area contributed by atoms with Crippen LogP contribution in [-0.4, -0.2) is 60.8 Å². The third-order valence-electron chi connectivity index (χ3n) is 5.20. The van der Waals surface area contributed by atoms with Crippen molar-refractivity contribution in [2.75, 3.05) is 32.4 Å². The Morgan fingerprint density at radius 1 is 1.18 bits per heavy atom. The molecular formula is C21H35IN4OS. The Labute approximate surface area is 191 Å². The maximum atomic E-state index is 5.87. The molecule has 3 unspecified atom stereocenters. The Morgan fingerprint density at radius 2 is 1.89 bits per heavy atom. The van der Waals surface area contributed by atoms with Gasteiger partial charge in [0.15, 0.2) is 5.96 Å². The van der Waals surface area contributed by atoms with E-state index in [0.717, 1.165) is 43.9 Å². The van der Waals surface area contributed by atoms with Gasteiger partial charge in [0.25, 0.3) is 0 Å². The lowest BCUT2D eigenvalue weighted by Gasteiger charge is -2.35. The summed E-state index contributed by atoms with van der Waals surface area (Å²) >= 11 is 2.07. The lowest BCUT2D eigenvalue weighted by atomic mass is 10.1. The van der Waals surface area contributed by atoms with E-state index in [0.29, 0.717) is 12.2 Å². The molecule has 2 fully saturated rings. The molecule has 3 atom stereocenters. The van der Waals surface area contributed by atoms with Crippen LogP contribution in [0.3, 0.4) is 0 Å². The molecule has 0 spiro atoms. The van der Waals surface area contributed by atoms with Gasteiger partial charge in [-0.25, -0.2) is 0 Å². The number of rotatable bonds is 6. The van der Waals surface area contributed by atoms with Crippen molar-refractivity contribution in [3.8, 4) is 0 Å². The SMILES string of the molecule is CN=C(NCc1ccccc1CN1CC(C)OC(C)C1)NCC1CCCS1.I. The fraction of sp³-hybridized carbons (Fsp3) is 0.667. The van der Waals surface area contributed by atoms with Gasteiger partial charge in [0.05, 0.1) is 12.2 Å². The van der Waals surface area contributed by atoms with Gasteiger partial charge in [-0.3, -0.25) is 9.89 Å². The van der Waals surface area contributed by atoms with Gasteiger partial charge in [0, 0.05) is 45.0 Å². The number of hydrogen-bond donors (Lipinski definition) is 2. The topological polar surface area (TPSA) is 48.9 Å². The smallest absolute Gasteiger partial charge is 0.191 e. The van der Waals surface area contributed by atoms with Crippen LogP contribution in [0.2, 0.25) is 0 Å². The number of thioether (sulfide) groups is 1. The molecule has 158 valence electrons. The van der Waals surface area contributed by atoms with Crippen LogP contribution in [0, 0.1) is 0 Å². The van der Waals surface area contributed by atoms with E-state index in [1.807, 2.05) is 7.05 Å². The lowest BCUT2D eigenvalue weighted by Crippen LogP contribution is -2.45. The van der Waals surface area contributed by atoms with E-state index >= 15 is 0 Å². The van der Waals surface area contributed by atoms with Crippen molar-refractivity contribution in [3.63, 3.8) is 0 Å². The molecule has 2 N–H and O–H groups in total. The van der Waals surface area contributed by atoms with E-state index in [1.165, 1.54) is 29.7 Å². The maximum Gasteiger partial charge on any atom is 0.191 e. The molecule has 2 aliphatic heterocycles. The van der Waals surface area contributed by atoms with Crippen LogP contribution >= 0.6 is 35.7 Å². The molecule has 28 heavy (non-hydrogen) atoms. The number of aliphatic imine (C=N–C) groups is 1. The highest BCUT2D eigenvalue weighted by Gasteiger charge is 2.22. The van der Waals surface area contributed by atoms with Gasteiger partial charge in [-0.05, 0) is 43.6 Å². The number of morpholine rings is 1. The molecule has 0 radical (unpaired) electrons. The van der Waals surface area contributed by atoms with Gasteiger partial charge >= 0.3 is 0 Å². The van der Waals surface area contributed by atoms with Gasteiger partial charge in [-0.1, -0.05) is 24.3 Å². The Morgan fingerprint density at radius 3 is 2.54 bits per heavy atom. The molecule has 7 heteroatoms. The zero-order chi connectivity index (χ0) is 19.1. The maximum absolute atomic E-state index is 5.87. The average molecular weight is 519 g/mol. The van der Waals surface area contributed by atoms with E-state index in [-0.39, 0.29) is 24.0 Å². The average Bonchev–Trinajstić information content (AvgIpc) is 3.16. The van der Waals surface area contributed by atoms with Crippen LogP contribution in [0.1, 0.15) is 37.8 Å². The van der Waals surface area contributed by atoms with Crippen LogP contribution < -0.4 is 10.6 Å². The molecule has 3 rings (SSSR count). The van der Waals surface area contributed by atoms with E-state index in [4.69, 9.17) is 4.74 Å². The van der Waals surface area contributed by atoms with Crippen LogP contribution in [-0.2, 0) is 17.8 Å². The molecule has 2 saturated heterocycles. The van der Waals surface area contributed by atoms with Crippen LogP contribution in [0.25, 0.3) is 0 Å². The van der Waals surface area contributed by atoms with E-state index < -0.39 is 0 Å². The van der Waals surface area contributed by atoms with Crippen molar-refractivity contribution in [1.82, 2.24) is 15.5 Å². The predicted octanol–water partition coefficient (Wildman–Crippen LogP) is 3.47.